The fourth-order valence-corrected chi connectivity index (χ4v) is 18.5. The van der Waals surface area contributed by atoms with Crippen LogP contribution in [0.15, 0.2) is 131 Å². The van der Waals surface area contributed by atoms with Gasteiger partial charge in [-0.05, 0) is 145 Å². The Kier molecular flexibility index (Phi) is 11.6. The quantitative estimate of drug-likeness (QED) is 0.0749. The van der Waals surface area contributed by atoms with Gasteiger partial charge in [0.15, 0.2) is 0 Å². The second kappa shape index (κ2) is 18.4. The van der Waals surface area contributed by atoms with Crippen molar-refractivity contribution in [3.8, 4) is 23.0 Å². The molecule has 8 fully saturated rings. The lowest BCUT2D eigenvalue weighted by molar-refractivity contribution is -0.288. The normalized spacial score (nSPS) is 33.3. The Morgan fingerprint density at radius 1 is 0.330 bits per heavy atom. The summed E-state index contributed by atoms with van der Waals surface area (Å²) in [6.07, 6.45) is 4.95. The molecule has 8 aliphatic carbocycles. The van der Waals surface area contributed by atoms with Gasteiger partial charge in [-0.3, -0.25) is 38.4 Å². The van der Waals surface area contributed by atoms with Gasteiger partial charge >= 0.3 is 12.4 Å². The van der Waals surface area contributed by atoms with Crippen LogP contribution in [0.25, 0.3) is 0 Å². The van der Waals surface area contributed by atoms with Gasteiger partial charge in [0.25, 0.3) is 0 Å². The number of phenols is 4. The van der Waals surface area contributed by atoms with Crippen molar-refractivity contribution in [1.29, 1.82) is 0 Å². The second-order valence-electron chi connectivity index (χ2n) is 25.0. The monoisotopic (exact) mass is 1230 g/mol. The zero-order chi connectivity index (χ0) is 62.1. The molecule has 0 aromatic heterocycles. The number of allylic oxidation sites excluding steroid dienone is 8. The first-order valence-electron chi connectivity index (χ1n) is 28.6. The lowest BCUT2D eigenvalue weighted by Gasteiger charge is -2.39. The SMILES string of the molecule is O=C1C2C3C=CC(C3)C2C(=O)N1c1cc(C(c2ccc(O)c(N3C(=O)C4C5C=CC(C5)C4C3=O)c2)(C(F)(F)F)C(F)(F)F)ccc1O.O=C1C2C3C=CC(C3)C2C(=O)N1c1cc(S(=O)(=O)c2ccc(O)c(N3C(=O)C4C5C=CC(C5)C4C3=O)c2)ccc1O. The van der Waals surface area contributed by atoms with Crippen LogP contribution in [0.2, 0.25) is 0 Å². The average Bonchev–Trinajstić information content (AvgIpc) is 0.957. The molecule has 4 N–H and O–H groups in total. The van der Waals surface area contributed by atoms with Gasteiger partial charge in [-0.1, -0.05) is 60.7 Å². The molecule has 8 bridgehead atoms. The summed E-state index contributed by atoms with van der Waals surface area (Å²) < 4.78 is 119. The lowest BCUT2D eigenvalue weighted by atomic mass is 9.72. The van der Waals surface area contributed by atoms with Crippen LogP contribution in [0.5, 0.6) is 23.0 Å². The number of carbonyl (C=O) groups is 8. The van der Waals surface area contributed by atoms with Gasteiger partial charge in [-0.25, -0.2) is 28.0 Å². The zero-order valence-electron chi connectivity index (χ0n) is 45.4. The number of phenolic OH excluding ortho intramolecular Hbond substituents is 4. The van der Waals surface area contributed by atoms with Crippen molar-refractivity contribution < 1.29 is 93.5 Å². The summed E-state index contributed by atoms with van der Waals surface area (Å²) in [4.78, 5) is 109. The molecule has 25 heteroatoms. The van der Waals surface area contributed by atoms with Crippen LogP contribution >= 0.6 is 0 Å². The molecule has 16 rings (SSSR count). The average molecular weight is 1230 g/mol. The highest BCUT2D eigenvalue weighted by molar-refractivity contribution is 7.91. The molecule has 12 aliphatic rings. The van der Waals surface area contributed by atoms with Crippen molar-refractivity contribution in [2.75, 3.05) is 19.6 Å². The highest BCUT2D eigenvalue weighted by atomic mass is 32.2. The van der Waals surface area contributed by atoms with Crippen molar-refractivity contribution >= 4 is 79.8 Å². The number of halogens is 6. The molecular weight excluding hydrogens is 1180 g/mol. The number of carbonyl (C=O) groups excluding carboxylic acids is 8. The summed E-state index contributed by atoms with van der Waals surface area (Å²) in [5.74, 6) is -14.8. The zero-order valence-corrected chi connectivity index (χ0v) is 46.3. The Morgan fingerprint density at radius 2 is 0.534 bits per heavy atom. The predicted molar refractivity (Wildman–Crippen MR) is 292 cm³/mol. The topological polar surface area (TPSA) is 265 Å². The summed E-state index contributed by atoms with van der Waals surface area (Å²) >= 11 is 0. The van der Waals surface area contributed by atoms with Gasteiger partial charge in [-0.15, -0.1) is 0 Å². The highest BCUT2D eigenvalue weighted by Crippen LogP contribution is 2.62. The number of anilines is 4. The van der Waals surface area contributed by atoms with Crippen LogP contribution in [-0.2, 0) is 53.6 Å². The third-order valence-electron chi connectivity index (χ3n) is 21.0. The first-order valence-corrected chi connectivity index (χ1v) is 30.1. The van der Waals surface area contributed by atoms with E-state index in [4.69, 9.17) is 0 Å². The van der Waals surface area contributed by atoms with Crippen LogP contribution in [0, 0.1) is 94.7 Å². The number of hydrogen-bond donors (Lipinski definition) is 4. The van der Waals surface area contributed by atoms with Crippen LogP contribution in [0.3, 0.4) is 0 Å². The van der Waals surface area contributed by atoms with E-state index in [2.05, 4.69) is 0 Å². The van der Waals surface area contributed by atoms with E-state index in [-0.39, 0.29) is 68.5 Å². The molecule has 4 heterocycles. The molecule has 4 aromatic carbocycles. The number of nitrogens with zero attached hydrogens (tertiary/aromatic N) is 4. The summed E-state index contributed by atoms with van der Waals surface area (Å²) in [5.41, 5.74) is -9.93. The number of aromatic hydroxyl groups is 4. The van der Waals surface area contributed by atoms with E-state index < -0.39 is 168 Å². The Labute approximate surface area is 494 Å². The van der Waals surface area contributed by atoms with Crippen LogP contribution in [0.1, 0.15) is 36.8 Å². The smallest absolute Gasteiger partial charge is 0.411 e. The Bertz CT molecular complexity index is 3820. The first-order chi connectivity index (χ1) is 41.6. The first kappa shape index (κ1) is 55.7. The highest BCUT2D eigenvalue weighted by Gasteiger charge is 2.73. The molecule has 452 valence electrons. The van der Waals surface area contributed by atoms with E-state index in [0.717, 1.165) is 59.0 Å². The molecule has 4 saturated heterocycles. The molecule has 4 saturated carbocycles. The fraction of sp³-hybridized carbons (Fsp3) is 0.365. The maximum absolute atomic E-state index is 15.2. The standard InChI is InChI=1S/C33H24F6N2O6.C30H24N2O8S/c34-32(35,36)31(33(37,38)39,17-5-7-21(42)19(11-17)40-27(44)23-13-1-2-14(9-13)24(23)28(40)45)18-6-8-22(43)20(12-18)41-29(46)25-15-3-4-16(10-15)26(25)30(41)47;33-21-7-5-17(11-19(21)31-27(35)23-13-1-2-14(9-13)24(23)28(31)36)41(39,40)18-6-8-22(34)20(12-18)32-29(37)25-15-3-4-16(10-15)26(25)30(32)38/h1-8,11-16,23-26,42-43H,9-10H2;1-8,11-16,23-26,33-34H,9-10H2. The lowest BCUT2D eigenvalue weighted by Crippen LogP contribution is -2.55. The minimum atomic E-state index is -6.15. The number of imide groups is 4. The third kappa shape index (κ3) is 7.20. The van der Waals surface area contributed by atoms with E-state index in [1.54, 1.807) is 24.3 Å². The van der Waals surface area contributed by atoms with Gasteiger partial charge < -0.3 is 20.4 Å². The minimum Gasteiger partial charge on any atom is -0.506 e. The fourth-order valence-electron chi connectivity index (χ4n) is 17.2. The van der Waals surface area contributed by atoms with Crippen LogP contribution < -0.4 is 19.6 Å². The maximum Gasteiger partial charge on any atom is 0.411 e. The molecule has 16 unspecified atom stereocenters. The van der Waals surface area contributed by atoms with Gasteiger partial charge in [0.1, 0.15) is 23.0 Å². The van der Waals surface area contributed by atoms with E-state index >= 15 is 26.3 Å². The summed E-state index contributed by atoms with van der Waals surface area (Å²) in [5, 5.41) is 42.5. The van der Waals surface area contributed by atoms with Gasteiger partial charge in [0.2, 0.25) is 62.5 Å². The number of benzene rings is 4. The van der Waals surface area contributed by atoms with Crippen LogP contribution in [-0.4, -0.2) is 88.5 Å². The molecular formula is C63H48F6N4O14S. The molecule has 18 nitrogen and oxygen atoms in total. The van der Waals surface area contributed by atoms with E-state index in [1.165, 1.54) is 0 Å². The largest absolute Gasteiger partial charge is 0.506 e. The molecule has 4 aliphatic heterocycles. The van der Waals surface area contributed by atoms with Crippen molar-refractivity contribution in [3.63, 3.8) is 0 Å². The molecule has 88 heavy (non-hydrogen) atoms. The number of rotatable bonds is 8. The van der Waals surface area contributed by atoms with Crippen molar-refractivity contribution in [2.45, 2.75) is 53.2 Å². The van der Waals surface area contributed by atoms with E-state index in [1.807, 2.05) is 24.3 Å². The molecule has 0 radical (unpaired) electrons. The third-order valence-corrected chi connectivity index (χ3v) is 22.8. The van der Waals surface area contributed by atoms with Crippen molar-refractivity contribution in [1.82, 2.24) is 0 Å². The van der Waals surface area contributed by atoms with Gasteiger partial charge in [-0.2, -0.15) is 26.3 Å². The van der Waals surface area contributed by atoms with E-state index in [0.29, 0.717) is 59.0 Å². The Morgan fingerprint density at radius 3 is 0.750 bits per heavy atom. The van der Waals surface area contributed by atoms with Crippen molar-refractivity contribution in [3.05, 3.63) is 133 Å². The number of alkyl halides is 6. The minimum absolute atomic E-state index is 0.0579. The van der Waals surface area contributed by atoms with Crippen LogP contribution in [0.4, 0.5) is 49.1 Å². The molecule has 4 aromatic rings. The van der Waals surface area contributed by atoms with E-state index in [9.17, 15) is 67.2 Å². The molecule has 0 spiro atoms. The molecule has 8 amide bonds. The number of sulfone groups is 1. The summed E-state index contributed by atoms with van der Waals surface area (Å²) in [7, 11) is -4.35. The Balaban J connectivity index is 0.000000149. The van der Waals surface area contributed by atoms with Gasteiger partial charge in [0, 0.05) is 0 Å². The molecule has 16 atom stereocenters. The number of amides is 8. The second-order valence-corrected chi connectivity index (χ2v) is 27.0. The summed E-state index contributed by atoms with van der Waals surface area (Å²) in [6, 6.07) is 9.25. The van der Waals surface area contributed by atoms with Crippen molar-refractivity contribution in [2.24, 2.45) is 94.7 Å². The Hall–Kier alpha value is -8.87. The maximum atomic E-state index is 15.2. The predicted octanol–water partition coefficient (Wildman–Crippen LogP) is 7.69. The number of hydrogen-bond acceptors (Lipinski definition) is 14. The van der Waals surface area contributed by atoms with Gasteiger partial charge in [0.05, 0.1) is 79.9 Å². The summed E-state index contributed by atoms with van der Waals surface area (Å²) in [6.45, 7) is 0. The number of fused-ring (bicyclic) bond motifs is 20.